The van der Waals surface area contributed by atoms with Crippen molar-refractivity contribution in [1.29, 1.82) is 0 Å². The lowest BCUT2D eigenvalue weighted by molar-refractivity contribution is -0.162. The Hall–Kier alpha value is -1.31. The van der Waals surface area contributed by atoms with Gasteiger partial charge in [-0.05, 0) is 19.4 Å². The molecule has 0 unspecified atom stereocenters. The molecule has 0 aliphatic carbocycles. The lowest BCUT2D eigenvalue weighted by Crippen LogP contribution is -2.44. The highest BCUT2D eigenvalue weighted by Gasteiger charge is 2.38. The van der Waals surface area contributed by atoms with Gasteiger partial charge in [0.25, 0.3) is 0 Å². The minimum absolute atomic E-state index is 0.0756. The summed E-state index contributed by atoms with van der Waals surface area (Å²) in [4.78, 5) is 24.5. The zero-order valence-electron chi connectivity index (χ0n) is 12.5. The van der Waals surface area contributed by atoms with E-state index in [9.17, 15) is 22.8 Å². The molecule has 0 aromatic carbocycles. The highest BCUT2D eigenvalue weighted by molar-refractivity contribution is 5.79. The molecule has 0 aromatic heterocycles. The number of alkyl halides is 3. The fourth-order valence-corrected chi connectivity index (χ4v) is 2.93. The van der Waals surface area contributed by atoms with E-state index >= 15 is 0 Å². The van der Waals surface area contributed by atoms with Gasteiger partial charge in [-0.25, -0.2) is 0 Å². The zero-order valence-corrected chi connectivity index (χ0v) is 12.5. The second-order valence-electron chi connectivity index (χ2n) is 6.56. The van der Waals surface area contributed by atoms with E-state index in [2.05, 4.69) is 5.32 Å². The number of halogens is 3. The van der Waals surface area contributed by atoms with Crippen LogP contribution in [0.2, 0.25) is 0 Å². The topological polar surface area (TPSA) is 58.6 Å². The molecule has 0 spiro atoms. The number of hydrogen-bond acceptors (Lipinski definition) is 4. The largest absolute Gasteiger partial charge is 0.465 e. The van der Waals surface area contributed by atoms with Gasteiger partial charge in [0, 0.05) is 24.9 Å². The van der Waals surface area contributed by atoms with E-state index in [1.54, 1.807) is 0 Å². The van der Waals surface area contributed by atoms with Crippen LogP contribution in [0.25, 0.3) is 0 Å². The van der Waals surface area contributed by atoms with Crippen LogP contribution in [0.1, 0.15) is 26.2 Å². The van der Waals surface area contributed by atoms with E-state index in [0.717, 1.165) is 0 Å². The average Bonchev–Trinajstić information content (AvgIpc) is 2.75. The molecule has 126 valence electrons. The third-order valence-corrected chi connectivity index (χ3v) is 4.10. The SMILES string of the molecule is C[C@]1(COC(=O)[C@@H]2CCCN(CC(F)(F)F)C2)CNC(=O)C1. The van der Waals surface area contributed by atoms with Crippen LogP contribution in [-0.4, -0.2) is 55.7 Å². The number of piperidine rings is 1. The highest BCUT2D eigenvalue weighted by Crippen LogP contribution is 2.27. The van der Waals surface area contributed by atoms with Crippen molar-refractivity contribution in [2.75, 3.05) is 32.8 Å². The molecule has 8 heteroatoms. The summed E-state index contributed by atoms with van der Waals surface area (Å²) in [5.41, 5.74) is -0.424. The van der Waals surface area contributed by atoms with E-state index in [-0.39, 0.29) is 19.1 Å². The van der Waals surface area contributed by atoms with Crippen molar-refractivity contribution in [3.8, 4) is 0 Å². The number of esters is 1. The molecule has 0 saturated carbocycles. The normalized spacial score (nSPS) is 30.2. The van der Waals surface area contributed by atoms with Crippen LogP contribution in [0.5, 0.6) is 0 Å². The number of carbonyl (C=O) groups excluding carboxylic acids is 2. The van der Waals surface area contributed by atoms with Gasteiger partial charge in [0.15, 0.2) is 0 Å². The van der Waals surface area contributed by atoms with Crippen molar-refractivity contribution in [3.05, 3.63) is 0 Å². The molecule has 2 saturated heterocycles. The fourth-order valence-electron chi connectivity index (χ4n) is 2.93. The second-order valence-corrected chi connectivity index (χ2v) is 6.56. The molecule has 2 fully saturated rings. The molecular formula is C14H21F3N2O3. The lowest BCUT2D eigenvalue weighted by Gasteiger charge is -2.32. The van der Waals surface area contributed by atoms with Crippen LogP contribution in [0.15, 0.2) is 0 Å². The molecule has 2 aliphatic rings. The fraction of sp³-hybridized carbons (Fsp3) is 0.857. The number of amides is 1. The maximum atomic E-state index is 12.4. The summed E-state index contributed by atoms with van der Waals surface area (Å²) >= 11 is 0. The molecule has 2 heterocycles. The van der Waals surface area contributed by atoms with Gasteiger partial charge < -0.3 is 10.1 Å². The maximum Gasteiger partial charge on any atom is 0.401 e. The molecule has 0 aromatic rings. The van der Waals surface area contributed by atoms with Gasteiger partial charge in [0.05, 0.1) is 19.1 Å². The van der Waals surface area contributed by atoms with Gasteiger partial charge in [-0.2, -0.15) is 13.2 Å². The Morgan fingerprint density at radius 2 is 2.23 bits per heavy atom. The summed E-state index contributed by atoms with van der Waals surface area (Å²) in [6, 6.07) is 0. The van der Waals surface area contributed by atoms with E-state index in [1.165, 1.54) is 4.90 Å². The summed E-state index contributed by atoms with van der Waals surface area (Å²) < 4.78 is 42.5. The van der Waals surface area contributed by atoms with Gasteiger partial charge >= 0.3 is 12.1 Å². The number of likely N-dealkylation sites (tertiary alicyclic amines) is 1. The smallest absolute Gasteiger partial charge is 0.401 e. The van der Waals surface area contributed by atoms with Crippen molar-refractivity contribution in [1.82, 2.24) is 10.2 Å². The molecular weight excluding hydrogens is 301 g/mol. The van der Waals surface area contributed by atoms with Gasteiger partial charge in [-0.3, -0.25) is 14.5 Å². The summed E-state index contributed by atoms with van der Waals surface area (Å²) in [5, 5.41) is 2.68. The minimum Gasteiger partial charge on any atom is -0.465 e. The molecule has 22 heavy (non-hydrogen) atoms. The Labute approximate surface area is 127 Å². The quantitative estimate of drug-likeness (QED) is 0.794. The monoisotopic (exact) mass is 322 g/mol. The Bertz CT molecular complexity index is 442. The van der Waals surface area contributed by atoms with E-state index in [4.69, 9.17) is 4.74 Å². The first-order valence-corrected chi connectivity index (χ1v) is 7.39. The molecule has 2 atom stereocenters. The number of rotatable bonds is 4. The number of carbonyl (C=O) groups is 2. The summed E-state index contributed by atoms with van der Waals surface area (Å²) in [7, 11) is 0. The number of nitrogens with one attached hydrogen (secondary N) is 1. The Morgan fingerprint density at radius 3 is 2.82 bits per heavy atom. The third-order valence-electron chi connectivity index (χ3n) is 4.10. The minimum atomic E-state index is -4.25. The maximum absolute atomic E-state index is 12.4. The van der Waals surface area contributed by atoms with Crippen LogP contribution in [0.4, 0.5) is 13.2 Å². The van der Waals surface area contributed by atoms with Crippen LogP contribution in [-0.2, 0) is 14.3 Å². The summed E-state index contributed by atoms with van der Waals surface area (Å²) in [6.45, 7) is 1.83. The molecule has 2 aliphatic heterocycles. The molecule has 0 radical (unpaired) electrons. The Kier molecular flexibility index (Phi) is 4.99. The van der Waals surface area contributed by atoms with Crippen molar-refractivity contribution in [2.24, 2.45) is 11.3 Å². The number of nitrogens with zero attached hydrogens (tertiary/aromatic N) is 1. The Balaban J connectivity index is 1.80. The Morgan fingerprint density at radius 1 is 1.50 bits per heavy atom. The van der Waals surface area contributed by atoms with Gasteiger partial charge in [0.2, 0.25) is 5.91 Å². The standard InChI is InChI=1S/C14H21F3N2O3/c1-13(5-11(20)18-7-13)9-22-12(21)10-3-2-4-19(6-10)8-14(15,16)17/h10H,2-9H2,1H3,(H,18,20)/t10-,13-/m1/s1. The third kappa shape index (κ3) is 4.86. The molecule has 1 N–H and O–H groups in total. The van der Waals surface area contributed by atoms with E-state index in [0.29, 0.717) is 32.4 Å². The summed E-state index contributed by atoms with van der Waals surface area (Å²) in [5.74, 6) is -1.07. The van der Waals surface area contributed by atoms with Gasteiger partial charge in [0.1, 0.15) is 0 Å². The molecule has 0 bridgehead atoms. The molecule has 1 amide bonds. The van der Waals surface area contributed by atoms with E-state index in [1.807, 2.05) is 6.92 Å². The van der Waals surface area contributed by atoms with Gasteiger partial charge in [-0.15, -0.1) is 0 Å². The van der Waals surface area contributed by atoms with E-state index < -0.39 is 30.0 Å². The van der Waals surface area contributed by atoms with Crippen LogP contribution in [0.3, 0.4) is 0 Å². The average molecular weight is 322 g/mol. The van der Waals surface area contributed by atoms with Crippen molar-refractivity contribution >= 4 is 11.9 Å². The predicted molar refractivity (Wildman–Crippen MR) is 71.9 cm³/mol. The zero-order chi connectivity index (χ0) is 16.4. The van der Waals surface area contributed by atoms with Crippen molar-refractivity contribution < 1.29 is 27.5 Å². The summed E-state index contributed by atoms with van der Waals surface area (Å²) in [6.07, 6.45) is -2.87. The first-order valence-electron chi connectivity index (χ1n) is 7.39. The van der Waals surface area contributed by atoms with Gasteiger partial charge in [-0.1, -0.05) is 6.92 Å². The first kappa shape index (κ1) is 17.1. The lowest BCUT2D eigenvalue weighted by atomic mass is 9.91. The van der Waals surface area contributed by atoms with Crippen molar-refractivity contribution in [3.63, 3.8) is 0 Å². The highest BCUT2D eigenvalue weighted by atomic mass is 19.4. The first-order chi connectivity index (χ1) is 10.2. The number of ether oxygens (including phenoxy) is 1. The predicted octanol–water partition coefficient (Wildman–Crippen LogP) is 1.33. The van der Waals surface area contributed by atoms with Crippen LogP contribution < -0.4 is 5.32 Å². The van der Waals surface area contributed by atoms with Crippen LogP contribution in [0, 0.1) is 11.3 Å². The van der Waals surface area contributed by atoms with Crippen LogP contribution >= 0.6 is 0 Å². The second kappa shape index (κ2) is 6.44. The molecule has 2 rings (SSSR count). The number of hydrogen-bond donors (Lipinski definition) is 1. The molecule has 5 nitrogen and oxygen atoms in total. The van der Waals surface area contributed by atoms with Crippen molar-refractivity contribution in [2.45, 2.75) is 32.4 Å².